The van der Waals surface area contributed by atoms with E-state index < -0.39 is 0 Å². The Morgan fingerprint density at radius 1 is 1.32 bits per heavy atom. The highest BCUT2D eigenvalue weighted by molar-refractivity contribution is 14.1. The number of hydroxylamine groups is 1. The Labute approximate surface area is 147 Å². The fraction of sp³-hybridized carbons (Fsp3) is 0.556. The van der Waals surface area contributed by atoms with Crippen LogP contribution in [0.1, 0.15) is 44.1 Å². The number of halogens is 1. The van der Waals surface area contributed by atoms with Gasteiger partial charge in [-0.2, -0.15) is 0 Å². The number of nitrogens with one attached hydrogen (secondary N) is 1. The Hall–Kier alpha value is -0.590. The quantitative estimate of drug-likeness (QED) is 0.597. The minimum absolute atomic E-state index is 0.517. The summed E-state index contributed by atoms with van der Waals surface area (Å²) in [7, 11) is 3.99. The largest absolute Gasteiger partial charge is 0.297 e. The first kappa shape index (κ1) is 16.3. The Kier molecular flexibility index (Phi) is 5.10. The van der Waals surface area contributed by atoms with Gasteiger partial charge in [-0.3, -0.25) is 15.2 Å². The fourth-order valence-corrected chi connectivity index (χ4v) is 4.54. The highest BCUT2D eigenvalue weighted by Gasteiger charge is 2.43. The van der Waals surface area contributed by atoms with E-state index in [4.69, 9.17) is 4.84 Å². The van der Waals surface area contributed by atoms with Crippen molar-refractivity contribution in [2.45, 2.75) is 50.6 Å². The Balaban J connectivity index is 2.04. The van der Waals surface area contributed by atoms with Crippen LogP contribution in [-0.4, -0.2) is 31.1 Å². The van der Waals surface area contributed by atoms with Crippen LogP contribution >= 0.6 is 22.6 Å². The third-order valence-electron chi connectivity index (χ3n) is 5.28. The average Bonchev–Trinajstić information content (AvgIpc) is 2.76. The molecule has 120 valence electrons. The number of piperidine rings is 1. The van der Waals surface area contributed by atoms with Gasteiger partial charge in [-0.15, -0.1) is 0 Å². The van der Waals surface area contributed by atoms with Crippen LogP contribution in [0.3, 0.4) is 0 Å². The standard InChI is InChI=1S/C18H25IN2O/c1-4-16(20-22-3)18-15(12-5-7-13(19)8-6-12)11-14-9-10-17(18)21(14)2/h5-8,14-15,17,20H,4,9-11H2,1-3H3/t14?,15-,17+/m1/s1. The van der Waals surface area contributed by atoms with Crippen LogP contribution < -0.4 is 5.48 Å². The summed E-state index contributed by atoms with van der Waals surface area (Å²) in [6.45, 7) is 2.21. The van der Waals surface area contributed by atoms with Crippen molar-refractivity contribution >= 4 is 22.6 Å². The van der Waals surface area contributed by atoms with Crippen LogP contribution in [0, 0.1) is 3.57 Å². The molecule has 0 aliphatic carbocycles. The lowest BCUT2D eigenvalue weighted by atomic mass is 9.79. The van der Waals surface area contributed by atoms with E-state index in [1.807, 2.05) is 0 Å². The van der Waals surface area contributed by atoms with Crippen molar-refractivity contribution in [2.24, 2.45) is 0 Å². The van der Waals surface area contributed by atoms with Crippen LogP contribution in [0.5, 0.6) is 0 Å². The molecule has 2 saturated heterocycles. The zero-order valence-electron chi connectivity index (χ0n) is 13.6. The lowest BCUT2D eigenvalue weighted by molar-refractivity contribution is 0.110. The van der Waals surface area contributed by atoms with Crippen molar-refractivity contribution in [3.63, 3.8) is 0 Å². The van der Waals surface area contributed by atoms with Crippen LogP contribution in [0.2, 0.25) is 0 Å². The Bertz CT molecular complexity index is 555. The number of nitrogens with zero attached hydrogens (tertiary/aromatic N) is 1. The number of rotatable bonds is 4. The van der Waals surface area contributed by atoms with Gasteiger partial charge in [-0.1, -0.05) is 19.1 Å². The summed E-state index contributed by atoms with van der Waals surface area (Å²) in [5.74, 6) is 0.517. The van der Waals surface area contributed by atoms with Gasteiger partial charge in [0.05, 0.1) is 7.11 Å². The van der Waals surface area contributed by atoms with E-state index in [-0.39, 0.29) is 0 Å². The first-order valence-electron chi connectivity index (χ1n) is 8.15. The molecule has 0 spiro atoms. The summed E-state index contributed by atoms with van der Waals surface area (Å²) in [4.78, 5) is 7.84. The third kappa shape index (κ3) is 2.93. The second kappa shape index (κ2) is 6.89. The van der Waals surface area contributed by atoms with E-state index in [0.717, 1.165) is 12.5 Å². The molecule has 2 aliphatic heterocycles. The van der Waals surface area contributed by atoms with E-state index in [9.17, 15) is 0 Å². The summed E-state index contributed by atoms with van der Waals surface area (Å²) in [6.07, 6.45) is 4.79. The van der Waals surface area contributed by atoms with E-state index >= 15 is 0 Å². The molecule has 1 aromatic rings. The van der Waals surface area contributed by atoms with E-state index in [0.29, 0.717) is 12.0 Å². The average molecular weight is 412 g/mol. The number of fused-ring (bicyclic) bond motifs is 2. The summed E-state index contributed by atoms with van der Waals surface area (Å²) in [6, 6.07) is 10.3. The molecule has 0 saturated carbocycles. The van der Waals surface area contributed by atoms with Gasteiger partial charge in [-0.25, -0.2) is 0 Å². The number of benzene rings is 1. The normalized spacial score (nSPS) is 30.5. The van der Waals surface area contributed by atoms with Gasteiger partial charge >= 0.3 is 0 Å². The predicted molar refractivity (Wildman–Crippen MR) is 98.6 cm³/mol. The number of hydrogen-bond acceptors (Lipinski definition) is 3. The molecule has 1 N–H and O–H groups in total. The van der Waals surface area contributed by atoms with Crippen molar-refractivity contribution in [3.05, 3.63) is 44.7 Å². The SMILES string of the molecule is CCC(NOC)=C1[C@@H](c2ccc(I)cc2)CC2CC[C@@H]1N2C. The molecule has 4 heteroatoms. The maximum Gasteiger partial charge on any atom is 0.0636 e. The van der Waals surface area contributed by atoms with Crippen molar-refractivity contribution in [3.8, 4) is 0 Å². The summed E-state index contributed by atoms with van der Waals surface area (Å²) < 4.78 is 1.30. The molecule has 2 fully saturated rings. The van der Waals surface area contributed by atoms with Gasteiger partial charge < -0.3 is 0 Å². The topological polar surface area (TPSA) is 24.5 Å². The highest BCUT2D eigenvalue weighted by atomic mass is 127. The summed E-state index contributed by atoms with van der Waals surface area (Å²) in [5.41, 5.74) is 7.43. The molecular formula is C18H25IN2O. The number of likely N-dealkylation sites (N-methyl/N-ethyl adjacent to an activating group) is 1. The molecule has 2 aliphatic rings. The van der Waals surface area contributed by atoms with Crippen LogP contribution in [-0.2, 0) is 4.84 Å². The van der Waals surface area contributed by atoms with Crippen LogP contribution in [0.25, 0.3) is 0 Å². The van der Waals surface area contributed by atoms with Crippen molar-refractivity contribution in [1.29, 1.82) is 0 Å². The van der Waals surface area contributed by atoms with Gasteiger partial charge in [0.2, 0.25) is 0 Å². The maximum atomic E-state index is 5.27. The first-order chi connectivity index (χ1) is 10.7. The molecule has 1 aromatic carbocycles. The molecule has 0 radical (unpaired) electrons. The Morgan fingerprint density at radius 3 is 2.68 bits per heavy atom. The molecule has 3 nitrogen and oxygen atoms in total. The summed E-state index contributed by atoms with van der Waals surface area (Å²) in [5, 5.41) is 0. The van der Waals surface area contributed by atoms with Crippen LogP contribution in [0.15, 0.2) is 35.5 Å². The van der Waals surface area contributed by atoms with Gasteiger partial charge in [0.1, 0.15) is 0 Å². The monoisotopic (exact) mass is 412 g/mol. The molecule has 2 bridgehead atoms. The van der Waals surface area contributed by atoms with Gasteiger partial charge in [-0.05, 0) is 78.6 Å². The van der Waals surface area contributed by atoms with E-state index in [2.05, 4.69) is 71.2 Å². The van der Waals surface area contributed by atoms with Crippen molar-refractivity contribution < 1.29 is 4.84 Å². The molecule has 3 rings (SSSR count). The molecule has 0 aromatic heterocycles. The zero-order chi connectivity index (χ0) is 15.7. The molecule has 0 amide bonds. The lowest BCUT2D eigenvalue weighted by Crippen LogP contribution is -2.42. The molecule has 1 unspecified atom stereocenters. The zero-order valence-corrected chi connectivity index (χ0v) is 15.8. The fourth-order valence-electron chi connectivity index (χ4n) is 4.18. The minimum Gasteiger partial charge on any atom is -0.297 e. The minimum atomic E-state index is 0.517. The van der Waals surface area contributed by atoms with Gasteiger partial charge in [0, 0.05) is 27.3 Å². The molecular weight excluding hydrogens is 387 g/mol. The summed E-state index contributed by atoms with van der Waals surface area (Å²) >= 11 is 2.38. The lowest BCUT2D eigenvalue weighted by Gasteiger charge is -2.40. The second-order valence-corrected chi connectivity index (χ2v) is 7.59. The first-order valence-corrected chi connectivity index (χ1v) is 9.22. The van der Waals surface area contributed by atoms with Crippen molar-refractivity contribution in [1.82, 2.24) is 10.4 Å². The second-order valence-electron chi connectivity index (χ2n) is 6.35. The maximum absolute atomic E-state index is 5.27. The van der Waals surface area contributed by atoms with Gasteiger partial charge in [0.25, 0.3) is 0 Å². The van der Waals surface area contributed by atoms with Crippen molar-refractivity contribution in [2.75, 3.05) is 14.2 Å². The van der Waals surface area contributed by atoms with E-state index in [1.54, 1.807) is 12.7 Å². The highest BCUT2D eigenvalue weighted by Crippen LogP contribution is 2.47. The number of hydrogen-bond donors (Lipinski definition) is 1. The predicted octanol–water partition coefficient (Wildman–Crippen LogP) is 4.06. The molecule has 3 atom stereocenters. The number of allylic oxidation sites excluding steroid dienone is 1. The third-order valence-corrected chi connectivity index (χ3v) is 6.00. The Morgan fingerprint density at radius 2 is 2.05 bits per heavy atom. The molecule has 2 heterocycles. The smallest absolute Gasteiger partial charge is 0.0636 e. The van der Waals surface area contributed by atoms with E-state index in [1.165, 1.54) is 34.1 Å². The molecule has 22 heavy (non-hydrogen) atoms. The van der Waals surface area contributed by atoms with Crippen LogP contribution in [0.4, 0.5) is 0 Å². The van der Waals surface area contributed by atoms with Gasteiger partial charge in [0.15, 0.2) is 0 Å².